The Morgan fingerprint density at radius 3 is 2.72 bits per heavy atom. The Kier molecular flexibility index (Phi) is 4.18. The van der Waals surface area contributed by atoms with E-state index >= 15 is 0 Å². The maximum atomic E-state index is 11.9. The van der Waals surface area contributed by atoms with E-state index in [1.807, 2.05) is 0 Å². The molecule has 18 heavy (non-hydrogen) atoms. The van der Waals surface area contributed by atoms with Crippen LogP contribution in [0.4, 0.5) is 13.2 Å². The number of ether oxygens (including phenoxy) is 1. The fourth-order valence-corrected chi connectivity index (χ4v) is 2.75. The zero-order valence-corrected chi connectivity index (χ0v) is 10.7. The Balaban J connectivity index is 1.80. The van der Waals surface area contributed by atoms with Crippen LogP contribution in [0.2, 0.25) is 0 Å². The predicted molar refractivity (Wildman–Crippen MR) is 62.2 cm³/mol. The molecule has 3 nitrogen and oxygen atoms in total. The summed E-state index contributed by atoms with van der Waals surface area (Å²) >= 11 is 0. The first kappa shape index (κ1) is 14.1. The molecule has 0 bridgehead atoms. The van der Waals surface area contributed by atoms with Gasteiger partial charge in [0.1, 0.15) is 0 Å². The van der Waals surface area contributed by atoms with Gasteiger partial charge in [-0.15, -0.1) is 13.2 Å². The highest BCUT2D eigenvalue weighted by atomic mass is 19.4. The molecule has 0 aromatic rings. The first-order valence-electron chi connectivity index (χ1n) is 6.57. The van der Waals surface area contributed by atoms with E-state index in [-0.39, 0.29) is 12.1 Å². The zero-order chi connectivity index (χ0) is 13.2. The third-order valence-electron chi connectivity index (χ3n) is 3.88. The monoisotopic (exact) mass is 266 g/mol. The van der Waals surface area contributed by atoms with Crippen LogP contribution in [0.15, 0.2) is 0 Å². The van der Waals surface area contributed by atoms with Crippen molar-refractivity contribution in [2.45, 2.75) is 38.1 Å². The Morgan fingerprint density at radius 1 is 1.39 bits per heavy atom. The highest BCUT2D eigenvalue weighted by molar-refractivity contribution is 5.00. The Labute approximate surface area is 106 Å². The first-order valence-corrected chi connectivity index (χ1v) is 6.57. The lowest BCUT2D eigenvalue weighted by molar-refractivity contribution is -0.325. The van der Waals surface area contributed by atoms with E-state index in [9.17, 15) is 13.2 Å². The van der Waals surface area contributed by atoms with Crippen LogP contribution in [-0.2, 0) is 4.74 Å². The number of nitrogens with one attached hydrogen (secondary N) is 1. The van der Waals surface area contributed by atoms with E-state index in [1.54, 1.807) is 0 Å². The van der Waals surface area contributed by atoms with E-state index < -0.39 is 6.36 Å². The number of nitrogens with zero attached hydrogens (tertiary/aromatic N) is 1. The fourth-order valence-electron chi connectivity index (χ4n) is 2.75. The van der Waals surface area contributed by atoms with Crippen molar-refractivity contribution >= 4 is 0 Å². The first-order chi connectivity index (χ1) is 8.39. The maximum Gasteiger partial charge on any atom is 0.522 e. The predicted octanol–water partition coefficient (Wildman–Crippen LogP) is 1.99. The van der Waals surface area contributed by atoms with Gasteiger partial charge in [0.25, 0.3) is 0 Å². The van der Waals surface area contributed by atoms with Crippen molar-refractivity contribution in [3.63, 3.8) is 0 Å². The molecule has 1 saturated carbocycles. The number of rotatable bonds is 4. The van der Waals surface area contributed by atoms with Gasteiger partial charge in [0.2, 0.25) is 0 Å². The van der Waals surface area contributed by atoms with Crippen LogP contribution in [0.1, 0.15) is 26.2 Å². The molecule has 1 saturated heterocycles. The summed E-state index contributed by atoms with van der Waals surface area (Å²) in [6, 6.07) is 0. The molecule has 6 heteroatoms. The van der Waals surface area contributed by atoms with Crippen molar-refractivity contribution in [2.75, 3.05) is 32.8 Å². The van der Waals surface area contributed by atoms with Crippen LogP contribution in [0.5, 0.6) is 0 Å². The van der Waals surface area contributed by atoms with Crippen molar-refractivity contribution in [1.29, 1.82) is 0 Å². The van der Waals surface area contributed by atoms with Gasteiger partial charge in [0.15, 0.2) is 0 Å². The quantitative estimate of drug-likeness (QED) is 0.842. The molecule has 0 aromatic carbocycles. The summed E-state index contributed by atoms with van der Waals surface area (Å²) in [5.41, 5.74) is 0.0642. The SMILES string of the molecule is CC1(C2CC2)CN(CCOC(F)(F)F)CCCN1. The summed E-state index contributed by atoms with van der Waals surface area (Å²) in [5, 5.41) is 3.55. The number of hydrogen-bond acceptors (Lipinski definition) is 3. The lowest BCUT2D eigenvalue weighted by Crippen LogP contribution is -2.51. The summed E-state index contributed by atoms with van der Waals surface area (Å²) in [6.07, 6.45) is -1.06. The van der Waals surface area contributed by atoms with Crippen LogP contribution >= 0.6 is 0 Å². The zero-order valence-electron chi connectivity index (χ0n) is 10.7. The Bertz CT molecular complexity index is 281. The smallest absolute Gasteiger partial charge is 0.310 e. The molecule has 2 fully saturated rings. The van der Waals surface area contributed by atoms with E-state index in [0.717, 1.165) is 26.1 Å². The van der Waals surface area contributed by atoms with Crippen LogP contribution < -0.4 is 5.32 Å². The standard InChI is InChI=1S/C12H21F3N2O/c1-11(10-3-4-10)9-17(6-2-5-16-11)7-8-18-12(13,14)15/h10,16H,2-9H2,1H3. The van der Waals surface area contributed by atoms with Crippen molar-refractivity contribution in [3.8, 4) is 0 Å². The molecule has 1 aliphatic carbocycles. The molecule has 0 spiro atoms. The molecule has 1 unspecified atom stereocenters. The molecule has 0 aromatic heterocycles. The molecule has 1 N–H and O–H groups in total. The number of alkyl halides is 3. The van der Waals surface area contributed by atoms with Crippen LogP contribution in [0.3, 0.4) is 0 Å². The molecule has 1 heterocycles. The van der Waals surface area contributed by atoms with Gasteiger partial charge in [-0.1, -0.05) is 0 Å². The average Bonchev–Trinajstić information content (AvgIpc) is 3.03. The van der Waals surface area contributed by atoms with Crippen LogP contribution in [0, 0.1) is 5.92 Å². The van der Waals surface area contributed by atoms with Crippen molar-refractivity contribution < 1.29 is 17.9 Å². The highest BCUT2D eigenvalue weighted by Crippen LogP contribution is 2.40. The molecule has 1 atom stereocenters. The second-order valence-corrected chi connectivity index (χ2v) is 5.54. The number of hydrogen-bond donors (Lipinski definition) is 1. The summed E-state index contributed by atoms with van der Waals surface area (Å²) in [4.78, 5) is 2.09. The fraction of sp³-hybridized carbons (Fsp3) is 1.00. The minimum Gasteiger partial charge on any atom is -0.310 e. The minimum absolute atomic E-state index is 0.0642. The van der Waals surface area contributed by atoms with Gasteiger partial charge >= 0.3 is 6.36 Å². The van der Waals surface area contributed by atoms with Gasteiger partial charge in [-0.2, -0.15) is 0 Å². The summed E-state index contributed by atoms with van der Waals surface area (Å²) in [6.45, 7) is 4.88. The average molecular weight is 266 g/mol. The topological polar surface area (TPSA) is 24.5 Å². The molecular weight excluding hydrogens is 245 g/mol. The second-order valence-electron chi connectivity index (χ2n) is 5.54. The normalized spacial score (nSPS) is 31.3. The van der Waals surface area contributed by atoms with Crippen molar-refractivity contribution in [3.05, 3.63) is 0 Å². The summed E-state index contributed by atoms with van der Waals surface area (Å²) in [5.74, 6) is 0.682. The number of halogens is 3. The molecule has 0 amide bonds. The molecule has 2 aliphatic rings. The van der Waals surface area contributed by atoms with Gasteiger partial charge < -0.3 is 5.32 Å². The molecule has 0 radical (unpaired) electrons. The van der Waals surface area contributed by atoms with Gasteiger partial charge in [-0.3, -0.25) is 9.64 Å². The van der Waals surface area contributed by atoms with Crippen molar-refractivity contribution in [1.82, 2.24) is 10.2 Å². The lowest BCUT2D eigenvalue weighted by atomic mass is 9.95. The maximum absolute atomic E-state index is 11.9. The van der Waals surface area contributed by atoms with Gasteiger partial charge in [-0.05, 0) is 45.2 Å². The Hall–Kier alpha value is -0.330. The minimum atomic E-state index is -4.51. The van der Waals surface area contributed by atoms with Gasteiger partial charge in [-0.25, -0.2) is 0 Å². The summed E-state index contributed by atoms with van der Waals surface area (Å²) in [7, 11) is 0. The molecule has 1 aliphatic heterocycles. The largest absolute Gasteiger partial charge is 0.522 e. The molecular formula is C12H21F3N2O. The van der Waals surface area contributed by atoms with Crippen molar-refractivity contribution in [2.24, 2.45) is 5.92 Å². The van der Waals surface area contributed by atoms with Crippen LogP contribution in [-0.4, -0.2) is 49.6 Å². The Morgan fingerprint density at radius 2 is 2.11 bits per heavy atom. The second kappa shape index (κ2) is 5.35. The van der Waals surface area contributed by atoms with Gasteiger partial charge in [0.05, 0.1) is 6.61 Å². The molecule has 106 valence electrons. The van der Waals surface area contributed by atoms with Crippen LogP contribution in [0.25, 0.3) is 0 Å². The summed E-state index contributed by atoms with van der Waals surface area (Å²) < 4.78 is 39.6. The highest BCUT2D eigenvalue weighted by Gasteiger charge is 2.42. The third-order valence-corrected chi connectivity index (χ3v) is 3.88. The molecule has 2 rings (SSSR count). The third kappa shape index (κ3) is 4.10. The van der Waals surface area contributed by atoms with E-state index in [4.69, 9.17) is 0 Å². The van der Waals surface area contributed by atoms with E-state index in [0.29, 0.717) is 12.5 Å². The van der Waals surface area contributed by atoms with E-state index in [1.165, 1.54) is 12.8 Å². The lowest BCUT2D eigenvalue weighted by Gasteiger charge is -2.33. The van der Waals surface area contributed by atoms with Gasteiger partial charge in [0, 0.05) is 18.6 Å². The van der Waals surface area contributed by atoms with E-state index in [2.05, 4.69) is 21.9 Å².